The van der Waals surface area contributed by atoms with Crippen LogP contribution < -0.4 is 15.4 Å². The second-order valence-electron chi connectivity index (χ2n) is 5.75. The largest absolute Gasteiger partial charge is 0.497 e. The van der Waals surface area contributed by atoms with E-state index in [1.807, 2.05) is 24.3 Å². The molecule has 7 heteroatoms. The number of carbonyl (C=O) groups excluding carboxylic acids is 2. The first-order valence-corrected chi connectivity index (χ1v) is 8.22. The highest BCUT2D eigenvalue weighted by molar-refractivity contribution is 6.03. The van der Waals surface area contributed by atoms with E-state index in [1.54, 1.807) is 43.5 Å². The first-order chi connectivity index (χ1) is 13.0. The van der Waals surface area contributed by atoms with Gasteiger partial charge in [0.15, 0.2) is 17.3 Å². The van der Waals surface area contributed by atoms with Crippen LogP contribution in [0.3, 0.4) is 0 Å². The summed E-state index contributed by atoms with van der Waals surface area (Å²) in [7, 11) is 1.61. The monoisotopic (exact) mass is 362 g/mol. The van der Waals surface area contributed by atoms with Gasteiger partial charge in [0, 0.05) is 16.9 Å². The summed E-state index contributed by atoms with van der Waals surface area (Å²) in [4.78, 5) is 23.7. The summed E-state index contributed by atoms with van der Waals surface area (Å²) >= 11 is 0. The first kappa shape index (κ1) is 18.1. The highest BCUT2D eigenvalue weighted by Crippen LogP contribution is 2.18. The Bertz CT molecular complexity index is 954. The van der Waals surface area contributed by atoms with Crippen LogP contribution in [0.4, 0.5) is 17.2 Å². The lowest BCUT2D eigenvalue weighted by molar-refractivity contribution is 0.100. The lowest BCUT2D eigenvalue weighted by atomic mass is 10.1. The molecular formula is C20H18N4O3. The number of aromatic nitrogens is 2. The zero-order valence-corrected chi connectivity index (χ0v) is 14.9. The molecule has 0 aliphatic heterocycles. The van der Waals surface area contributed by atoms with E-state index in [1.165, 1.54) is 6.92 Å². The third-order valence-corrected chi connectivity index (χ3v) is 3.79. The molecule has 27 heavy (non-hydrogen) atoms. The van der Waals surface area contributed by atoms with Crippen molar-refractivity contribution in [2.24, 2.45) is 0 Å². The molecule has 1 amide bonds. The van der Waals surface area contributed by atoms with Gasteiger partial charge in [-0.1, -0.05) is 12.1 Å². The number of nitrogens with zero attached hydrogens (tertiary/aromatic N) is 2. The number of hydrogen-bond acceptors (Lipinski definition) is 6. The van der Waals surface area contributed by atoms with Gasteiger partial charge in [0.1, 0.15) is 5.75 Å². The maximum Gasteiger partial charge on any atom is 0.276 e. The van der Waals surface area contributed by atoms with Crippen LogP contribution in [0.1, 0.15) is 27.8 Å². The van der Waals surface area contributed by atoms with Crippen LogP contribution in [0, 0.1) is 0 Å². The second kappa shape index (κ2) is 8.09. The van der Waals surface area contributed by atoms with Crippen molar-refractivity contribution < 1.29 is 14.3 Å². The molecule has 2 aromatic carbocycles. The van der Waals surface area contributed by atoms with Gasteiger partial charge in [-0.3, -0.25) is 9.59 Å². The van der Waals surface area contributed by atoms with Gasteiger partial charge in [-0.25, -0.2) is 0 Å². The minimum Gasteiger partial charge on any atom is -0.497 e. The molecule has 136 valence electrons. The average Bonchev–Trinajstić information content (AvgIpc) is 2.69. The Labute approximate surface area is 156 Å². The number of hydrogen-bond donors (Lipinski definition) is 2. The van der Waals surface area contributed by atoms with Crippen LogP contribution in [0.25, 0.3) is 0 Å². The molecule has 1 aromatic heterocycles. The Hall–Kier alpha value is -3.74. The smallest absolute Gasteiger partial charge is 0.276 e. The van der Waals surface area contributed by atoms with Gasteiger partial charge in [0.25, 0.3) is 5.91 Å². The Balaban J connectivity index is 1.66. The molecule has 0 unspecified atom stereocenters. The molecule has 3 rings (SSSR count). The maximum absolute atomic E-state index is 12.3. The van der Waals surface area contributed by atoms with Gasteiger partial charge in [-0.05, 0) is 55.5 Å². The van der Waals surface area contributed by atoms with E-state index in [0.717, 1.165) is 11.4 Å². The first-order valence-electron chi connectivity index (χ1n) is 8.22. The number of Topliss-reactive ketones (excluding diaryl/α,β-unsaturated/α-hetero) is 1. The van der Waals surface area contributed by atoms with E-state index in [2.05, 4.69) is 20.8 Å². The minimum atomic E-state index is -0.404. The molecule has 0 aliphatic rings. The van der Waals surface area contributed by atoms with Crippen molar-refractivity contribution in [1.29, 1.82) is 0 Å². The molecule has 0 saturated carbocycles. The van der Waals surface area contributed by atoms with E-state index >= 15 is 0 Å². The minimum absolute atomic E-state index is 0.0696. The molecule has 0 radical (unpaired) electrons. The molecule has 3 aromatic rings. The molecule has 0 atom stereocenters. The number of anilines is 3. The number of methoxy groups -OCH3 is 1. The molecule has 0 spiro atoms. The van der Waals surface area contributed by atoms with Crippen molar-refractivity contribution in [3.63, 3.8) is 0 Å². The highest BCUT2D eigenvalue weighted by atomic mass is 16.5. The van der Waals surface area contributed by atoms with Gasteiger partial charge in [-0.15, -0.1) is 10.2 Å². The Morgan fingerprint density at radius 3 is 2.33 bits per heavy atom. The molecule has 1 heterocycles. The molecule has 0 fully saturated rings. The van der Waals surface area contributed by atoms with Crippen molar-refractivity contribution in [3.8, 4) is 5.75 Å². The summed E-state index contributed by atoms with van der Waals surface area (Å²) in [6.07, 6.45) is 0. The van der Waals surface area contributed by atoms with Crippen LogP contribution in [0.15, 0.2) is 60.7 Å². The van der Waals surface area contributed by atoms with Gasteiger partial charge in [0.2, 0.25) is 0 Å². The lowest BCUT2D eigenvalue weighted by Crippen LogP contribution is -2.14. The maximum atomic E-state index is 12.3. The zero-order valence-electron chi connectivity index (χ0n) is 14.9. The van der Waals surface area contributed by atoms with Crippen molar-refractivity contribution in [3.05, 3.63) is 71.9 Å². The SMILES string of the molecule is COc1ccc(Nc2ccc(C(=O)Nc3cccc(C(C)=O)c3)nn2)cc1. The van der Waals surface area contributed by atoms with Crippen LogP contribution in [-0.2, 0) is 0 Å². The Morgan fingerprint density at radius 2 is 1.70 bits per heavy atom. The fourth-order valence-electron chi connectivity index (χ4n) is 2.35. The van der Waals surface area contributed by atoms with Gasteiger partial charge >= 0.3 is 0 Å². The molecule has 0 bridgehead atoms. The van der Waals surface area contributed by atoms with Crippen molar-refractivity contribution in [1.82, 2.24) is 10.2 Å². The van der Waals surface area contributed by atoms with E-state index in [0.29, 0.717) is 17.1 Å². The van der Waals surface area contributed by atoms with Crippen molar-refractivity contribution in [2.75, 3.05) is 17.7 Å². The summed E-state index contributed by atoms with van der Waals surface area (Å²) in [6, 6.07) is 17.3. The fourth-order valence-corrected chi connectivity index (χ4v) is 2.35. The highest BCUT2D eigenvalue weighted by Gasteiger charge is 2.10. The number of carbonyl (C=O) groups is 2. The van der Waals surface area contributed by atoms with Gasteiger partial charge in [-0.2, -0.15) is 0 Å². The summed E-state index contributed by atoms with van der Waals surface area (Å²) in [6.45, 7) is 1.47. The average molecular weight is 362 g/mol. The summed E-state index contributed by atoms with van der Waals surface area (Å²) in [5.74, 6) is 0.793. The zero-order chi connectivity index (χ0) is 19.2. The number of rotatable bonds is 6. The quantitative estimate of drug-likeness (QED) is 0.650. The normalized spacial score (nSPS) is 10.1. The van der Waals surface area contributed by atoms with E-state index in [4.69, 9.17) is 4.74 Å². The number of benzene rings is 2. The van der Waals surface area contributed by atoms with E-state index < -0.39 is 5.91 Å². The predicted molar refractivity (Wildman–Crippen MR) is 103 cm³/mol. The topological polar surface area (TPSA) is 93.2 Å². The number of ketones is 1. The van der Waals surface area contributed by atoms with Crippen LogP contribution in [0.2, 0.25) is 0 Å². The van der Waals surface area contributed by atoms with Crippen molar-refractivity contribution >= 4 is 28.9 Å². The summed E-state index contributed by atoms with van der Waals surface area (Å²) < 4.78 is 5.11. The van der Waals surface area contributed by atoms with Crippen LogP contribution in [0.5, 0.6) is 5.75 Å². The molecule has 2 N–H and O–H groups in total. The molecule has 7 nitrogen and oxygen atoms in total. The molecule has 0 saturated heterocycles. The summed E-state index contributed by atoms with van der Waals surface area (Å²) in [5.41, 5.74) is 2.04. The lowest BCUT2D eigenvalue weighted by Gasteiger charge is -2.08. The van der Waals surface area contributed by atoms with Crippen molar-refractivity contribution in [2.45, 2.75) is 6.92 Å². The number of nitrogens with one attached hydrogen (secondary N) is 2. The van der Waals surface area contributed by atoms with Gasteiger partial charge < -0.3 is 15.4 Å². The van der Waals surface area contributed by atoms with Gasteiger partial charge in [0.05, 0.1) is 7.11 Å². The molecule has 0 aliphatic carbocycles. The summed E-state index contributed by atoms with van der Waals surface area (Å²) in [5, 5.41) is 13.8. The van der Waals surface area contributed by atoms with Crippen LogP contribution in [-0.4, -0.2) is 29.0 Å². The standard InChI is InChI=1S/C20H18N4O3/c1-13(25)14-4-3-5-16(12-14)22-20(26)18-10-11-19(24-23-18)21-15-6-8-17(27-2)9-7-15/h3-12H,1-2H3,(H,21,24)(H,22,26). The molecular weight excluding hydrogens is 344 g/mol. The van der Waals surface area contributed by atoms with E-state index in [9.17, 15) is 9.59 Å². The van der Waals surface area contributed by atoms with E-state index in [-0.39, 0.29) is 11.5 Å². The Kier molecular flexibility index (Phi) is 5.41. The van der Waals surface area contributed by atoms with Crippen LogP contribution >= 0.6 is 0 Å². The number of amides is 1. The fraction of sp³-hybridized carbons (Fsp3) is 0.100. The third kappa shape index (κ3) is 4.66. The number of ether oxygens (including phenoxy) is 1. The Morgan fingerprint density at radius 1 is 0.926 bits per heavy atom. The third-order valence-electron chi connectivity index (χ3n) is 3.79. The second-order valence-corrected chi connectivity index (χ2v) is 5.75. The predicted octanol–water partition coefficient (Wildman–Crippen LogP) is 3.68.